The zero-order valence-electron chi connectivity index (χ0n) is 11.0. The van der Waals surface area contributed by atoms with Gasteiger partial charge in [-0.15, -0.1) is 0 Å². The Morgan fingerprint density at radius 3 is 2.50 bits per heavy atom. The molecule has 1 aliphatic rings. The maximum atomic E-state index is 8.79. The van der Waals surface area contributed by atoms with Crippen molar-refractivity contribution in [3.63, 3.8) is 0 Å². The van der Waals surface area contributed by atoms with E-state index in [1.807, 2.05) is 0 Å². The molecule has 96 valence electrons. The molecular formula is C13H27NO2. The molecule has 1 aliphatic carbocycles. The number of aliphatic hydroxyl groups is 1. The summed E-state index contributed by atoms with van der Waals surface area (Å²) in [5, 5.41) is 12.3. The van der Waals surface area contributed by atoms with Crippen molar-refractivity contribution in [3.8, 4) is 0 Å². The lowest BCUT2D eigenvalue weighted by atomic mass is 9.58. The van der Waals surface area contributed by atoms with Gasteiger partial charge < -0.3 is 15.2 Å². The van der Waals surface area contributed by atoms with Crippen LogP contribution in [0, 0.1) is 5.41 Å². The van der Waals surface area contributed by atoms with Crippen molar-refractivity contribution in [2.75, 3.05) is 19.8 Å². The molecule has 1 saturated carbocycles. The summed E-state index contributed by atoms with van der Waals surface area (Å²) in [6.45, 7) is 8.60. The Labute approximate surface area is 99.6 Å². The van der Waals surface area contributed by atoms with Gasteiger partial charge in [-0.2, -0.15) is 0 Å². The van der Waals surface area contributed by atoms with Gasteiger partial charge in [0, 0.05) is 24.7 Å². The van der Waals surface area contributed by atoms with Crippen LogP contribution in [0.4, 0.5) is 0 Å². The maximum absolute atomic E-state index is 8.79. The van der Waals surface area contributed by atoms with E-state index in [0.29, 0.717) is 17.6 Å². The van der Waals surface area contributed by atoms with Crippen LogP contribution in [0.3, 0.4) is 0 Å². The van der Waals surface area contributed by atoms with E-state index in [-0.39, 0.29) is 6.61 Å². The van der Waals surface area contributed by atoms with Gasteiger partial charge in [0.1, 0.15) is 0 Å². The lowest BCUT2D eigenvalue weighted by Crippen LogP contribution is -2.63. The van der Waals surface area contributed by atoms with Crippen molar-refractivity contribution in [3.05, 3.63) is 0 Å². The van der Waals surface area contributed by atoms with E-state index in [1.54, 1.807) is 0 Å². The van der Waals surface area contributed by atoms with E-state index in [9.17, 15) is 0 Å². The highest BCUT2D eigenvalue weighted by atomic mass is 16.5. The van der Waals surface area contributed by atoms with E-state index in [4.69, 9.17) is 9.84 Å². The van der Waals surface area contributed by atoms with Crippen LogP contribution in [0.1, 0.15) is 46.5 Å². The van der Waals surface area contributed by atoms with E-state index >= 15 is 0 Å². The molecule has 0 heterocycles. The molecule has 2 N–H and O–H groups in total. The van der Waals surface area contributed by atoms with Gasteiger partial charge in [0.2, 0.25) is 0 Å². The Bertz CT molecular complexity index is 190. The standard InChI is InChI=1S/C13H27NO2/c1-4-13(5-2)11(14-8-7-9-15)10-12(13)16-6-3/h11-12,14-15H,4-10H2,1-3H3. The summed E-state index contributed by atoms with van der Waals surface area (Å²) >= 11 is 0. The Morgan fingerprint density at radius 1 is 1.31 bits per heavy atom. The van der Waals surface area contributed by atoms with E-state index in [2.05, 4.69) is 26.1 Å². The Morgan fingerprint density at radius 2 is 2.00 bits per heavy atom. The Balaban J connectivity index is 2.47. The number of rotatable bonds is 8. The van der Waals surface area contributed by atoms with Crippen molar-refractivity contribution < 1.29 is 9.84 Å². The highest BCUT2D eigenvalue weighted by Gasteiger charge is 2.52. The van der Waals surface area contributed by atoms with Crippen LogP contribution < -0.4 is 5.32 Å². The fourth-order valence-electron chi connectivity index (χ4n) is 3.02. The van der Waals surface area contributed by atoms with Crippen LogP contribution in [-0.4, -0.2) is 37.0 Å². The average molecular weight is 229 g/mol. The third-order valence-corrected chi connectivity index (χ3v) is 4.19. The van der Waals surface area contributed by atoms with Crippen LogP contribution in [0.25, 0.3) is 0 Å². The van der Waals surface area contributed by atoms with Gasteiger partial charge in [0.25, 0.3) is 0 Å². The van der Waals surface area contributed by atoms with Gasteiger partial charge in [-0.05, 0) is 39.2 Å². The van der Waals surface area contributed by atoms with Gasteiger partial charge in [-0.3, -0.25) is 0 Å². The molecule has 1 fully saturated rings. The minimum Gasteiger partial charge on any atom is -0.396 e. The fourth-order valence-corrected chi connectivity index (χ4v) is 3.02. The largest absolute Gasteiger partial charge is 0.396 e. The zero-order valence-corrected chi connectivity index (χ0v) is 11.0. The van der Waals surface area contributed by atoms with Crippen molar-refractivity contribution >= 4 is 0 Å². The molecule has 3 heteroatoms. The molecule has 2 atom stereocenters. The molecule has 2 unspecified atom stereocenters. The molecule has 3 nitrogen and oxygen atoms in total. The SMILES string of the molecule is CCOC1CC(NCCCO)C1(CC)CC. The van der Waals surface area contributed by atoms with Gasteiger partial charge in [-0.25, -0.2) is 0 Å². The first-order valence-electron chi connectivity index (χ1n) is 6.71. The number of ether oxygens (including phenoxy) is 1. The van der Waals surface area contributed by atoms with E-state index < -0.39 is 0 Å². The molecule has 0 aromatic heterocycles. The fraction of sp³-hybridized carbons (Fsp3) is 1.00. The Hall–Kier alpha value is -0.120. The smallest absolute Gasteiger partial charge is 0.0660 e. The summed E-state index contributed by atoms with van der Waals surface area (Å²) in [7, 11) is 0. The lowest BCUT2D eigenvalue weighted by molar-refractivity contribution is -0.137. The van der Waals surface area contributed by atoms with Crippen LogP contribution in [-0.2, 0) is 4.74 Å². The molecule has 0 radical (unpaired) electrons. The summed E-state index contributed by atoms with van der Waals surface area (Å²) in [5.74, 6) is 0. The van der Waals surface area contributed by atoms with E-state index in [1.165, 1.54) is 12.8 Å². The number of nitrogens with one attached hydrogen (secondary N) is 1. The van der Waals surface area contributed by atoms with Crippen molar-refractivity contribution in [2.24, 2.45) is 5.41 Å². The number of aliphatic hydroxyl groups excluding tert-OH is 1. The highest BCUT2D eigenvalue weighted by Crippen LogP contribution is 2.48. The van der Waals surface area contributed by atoms with Gasteiger partial charge in [0.05, 0.1) is 6.10 Å². The van der Waals surface area contributed by atoms with Crippen molar-refractivity contribution in [1.82, 2.24) is 5.32 Å². The second-order valence-electron chi connectivity index (χ2n) is 4.70. The summed E-state index contributed by atoms with van der Waals surface area (Å²) in [4.78, 5) is 0. The minimum absolute atomic E-state index is 0.278. The monoisotopic (exact) mass is 229 g/mol. The topological polar surface area (TPSA) is 41.5 Å². The third kappa shape index (κ3) is 2.58. The van der Waals surface area contributed by atoms with Crippen LogP contribution in [0.2, 0.25) is 0 Å². The molecule has 0 aromatic rings. The maximum Gasteiger partial charge on any atom is 0.0660 e. The molecule has 0 bridgehead atoms. The summed E-state index contributed by atoms with van der Waals surface area (Å²) in [5.41, 5.74) is 0.325. The first-order valence-corrected chi connectivity index (χ1v) is 6.71. The highest BCUT2D eigenvalue weighted by molar-refractivity contribution is 5.06. The second-order valence-corrected chi connectivity index (χ2v) is 4.70. The van der Waals surface area contributed by atoms with Crippen LogP contribution in [0.5, 0.6) is 0 Å². The first kappa shape index (κ1) is 13.9. The minimum atomic E-state index is 0.278. The van der Waals surface area contributed by atoms with Gasteiger partial charge in [-0.1, -0.05) is 13.8 Å². The van der Waals surface area contributed by atoms with Gasteiger partial charge in [0.15, 0.2) is 0 Å². The number of hydrogen-bond acceptors (Lipinski definition) is 3. The Kier molecular flexibility index (Phi) is 5.73. The average Bonchev–Trinajstić information content (AvgIpc) is 2.29. The normalized spacial score (nSPS) is 27.8. The quantitative estimate of drug-likeness (QED) is 0.625. The van der Waals surface area contributed by atoms with Crippen molar-refractivity contribution in [2.45, 2.75) is 58.6 Å². The van der Waals surface area contributed by atoms with Crippen LogP contribution in [0.15, 0.2) is 0 Å². The van der Waals surface area contributed by atoms with E-state index in [0.717, 1.165) is 26.0 Å². The molecule has 0 spiro atoms. The molecule has 16 heavy (non-hydrogen) atoms. The first-order chi connectivity index (χ1) is 7.75. The molecule has 0 aliphatic heterocycles. The summed E-state index contributed by atoms with van der Waals surface area (Å²) in [6, 6.07) is 0.575. The number of hydrogen-bond donors (Lipinski definition) is 2. The molecule has 0 amide bonds. The van der Waals surface area contributed by atoms with Crippen molar-refractivity contribution in [1.29, 1.82) is 0 Å². The summed E-state index contributed by atoms with van der Waals surface area (Å²) < 4.78 is 5.82. The molecule has 0 saturated heterocycles. The predicted molar refractivity (Wildman–Crippen MR) is 66.5 cm³/mol. The third-order valence-electron chi connectivity index (χ3n) is 4.19. The van der Waals surface area contributed by atoms with Crippen LogP contribution >= 0.6 is 0 Å². The molecular weight excluding hydrogens is 202 g/mol. The molecule has 0 aromatic carbocycles. The second kappa shape index (κ2) is 6.58. The van der Waals surface area contributed by atoms with Gasteiger partial charge >= 0.3 is 0 Å². The molecule has 1 rings (SSSR count). The lowest BCUT2D eigenvalue weighted by Gasteiger charge is -2.55. The zero-order chi connectivity index (χ0) is 12.0. The summed E-state index contributed by atoms with van der Waals surface area (Å²) in [6.07, 6.45) is 4.75. The predicted octanol–water partition coefficient (Wildman–Crippen LogP) is 1.94.